The number of nitrogens with zero attached hydrogens (tertiary/aromatic N) is 2. The normalized spacial score (nSPS) is 11.2. The van der Waals surface area contributed by atoms with Crippen LogP contribution in [0.5, 0.6) is 5.75 Å². The molecule has 4 rings (SSSR count). The summed E-state index contributed by atoms with van der Waals surface area (Å²) >= 11 is 0. The van der Waals surface area contributed by atoms with Crippen molar-refractivity contribution in [2.24, 2.45) is 0 Å². The minimum absolute atomic E-state index is 0.0240. The van der Waals surface area contributed by atoms with Gasteiger partial charge in [-0.25, -0.2) is 4.98 Å². The average molecular weight is 368 g/mol. The van der Waals surface area contributed by atoms with Gasteiger partial charge in [0.25, 0.3) is 0 Å². The first-order chi connectivity index (χ1) is 13.7. The van der Waals surface area contributed by atoms with E-state index in [-0.39, 0.29) is 5.78 Å². The Morgan fingerprint density at radius 2 is 1.79 bits per heavy atom. The number of hydrogen-bond acceptors (Lipinski definition) is 3. The highest BCUT2D eigenvalue weighted by Gasteiger charge is 2.14. The Morgan fingerprint density at radius 1 is 1.00 bits per heavy atom. The van der Waals surface area contributed by atoms with Crippen molar-refractivity contribution in [1.29, 1.82) is 0 Å². The number of para-hydroxylation sites is 2. The lowest BCUT2D eigenvalue weighted by molar-refractivity contribution is -0.112. The lowest BCUT2D eigenvalue weighted by Crippen LogP contribution is -1.98. The van der Waals surface area contributed by atoms with E-state index >= 15 is 0 Å². The highest BCUT2D eigenvalue weighted by atomic mass is 16.5. The predicted molar refractivity (Wildman–Crippen MR) is 113 cm³/mol. The topological polar surface area (TPSA) is 44.1 Å². The zero-order valence-electron chi connectivity index (χ0n) is 15.8. The van der Waals surface area contributed by atoms with Crippen LogP contribution in [0.1, 0.15) is 12.5 Å². The minimum atomic E-state index is 0.0240. The highest BCUT2D eigenvalue weighted by molar-refractivity contribution is 5.91. The summed E-state index contributed by atoms with van der Waals surface area (Å²) in [4.78, 5) is 16.1. The molecular weight excluding hydrogens is 348 g/mol. The number of hydrogen-bond donors (Lipinski definition) is 0. The van der Waals surface area contributed by atoms with Crippen molar-refractivity contribution in [3.63, 3.8) is 0 Å². The van der Waals surface area contributed by atoms with E-state index in [1.54, 1.807) is 20.1 Å². The largest absolute Gasteiger partial charge is 0.497 e. The zero-order valence-corrected chi connectivity index (χ0v) is 15.8. The van der Waals surface area contributed by atoms with Gasteiger partial charge in [0.2, 0.25) is 0 Å². The summed E-state index contributed by atoms with van der Waals surface area (Å²) < 4.78 is 7.43. The Balaban J connectivity index is 1.90. The first kappa shape index (κ1) is 17.7. The number of rotatable bonds is 5. The van der Waals surface area contributed by atoms with Crippen LogP contribution in [0, 0.1) is 0 Å². The summed E-state index contributed by atoms with van der Waals surface area (Å²) in [6.07, 6.45) is 3.40. The van der Waals surface area contributed by atoms with Gasteiger partial charge in [-0.3, -0.25) is 9.36 Å². The van der Waals surface area contributed by atoms with Gasteiger partial charge >= 0.3 is 0 Å². The average Bonchev–Trinajstić information content (AvgIpc) is 3.12. The van der Waals surface area contributed by atoms with Crippen molar-refractivity contribution in [3.05, 3.63) is 84.4 Å². The number of ether oxygens (including phenoxy) is 1. The highest BCUT2D eigenvalue weighted by Crippen LogP contribution is 2.30. The number of aromatic nitrogens is 2. The van der Waals surface area contributed by atoms with E-state index in [0.29, 0.717) is 0 Å². The quantitative estimate of drug-likeness (QED) is 0.449. The number of imidazole rings is 1. The molecule has 1 heterocycles. The van der Waals surface area contributed by atoms with E-state index in [1.807, 2.05) is 72.8 Å². The van der Waals surface area contributed by atoms with E-state index < -0.39 is 0 Å². The molecule has 0 atom stereocenters. The van der Waals surface area contributed by atoms with E-state index in [1.165, 1.54) is 0 Å². The Bertz CT molecular complexity index is 1170. The number of methoxy groups -OCH3 is 1. The lowest BCUT2D eigenvalue weighted by atomic mass is 10.1. The summed E-state index contributed by atoms with van der Waals surface area (Å²) in [6.45, 7) is 1.55. The maximum absolute atomic E-state index is 11.3. The molecule has 0 amide bonds. The smallest absolute Gasteiger partial charge is 0.152 e. The van der Waals surface area contributed by atoms with Gasteiger partial charge in [0.1, 0.15) is 11.6 Å². The lowest BCUT2D eigenvalue weighted by Gasteiger charge is -2.11. The SMILES string of the molecule is COc1ccc(-n2c(-c3cccc(/C=C/C(C)=O)c3)nc3ccccc32)cc1. The molecule has 0 fully saturated rings. The van der Waals surface area contributed by atoms with Gasteiger partial charge < -0.3 is 4.74 Å². The first-order valence-electron chi connectivity index (χ1n) is 9.07. The Morgan fingerprint density at radius 3 is 2.54 bits per heavy atom. The summed E-state index contributed by atoms with van der Waals surface area (Å²) in [5.41, 5.74) is 4.92. The number of carbonyl (C=O) groups excluding carboxylic acids is 1. The number of allylic oxidation sites excluding steroid dienone is 1. The molecule has 28 heavy (non-hydrogen) atoms. The van der Waals surface area contributed by atoms with Crippen LogP contribution in [0.25, 0.3) is 34.2 Å². The van der Waals surface area contributed by atoms with Crippen LogP contribution >= 0.6 is 0 Å². The molecule has 0 N–H and O–H groups in total. The van der Waals surface area contributed by atoms with Crippen LogP contribution in [-0.4, -0.2) is 22.4 Å². The van der Waals surface area contributed by atoms with Crippen LogP contribution in [-0.2, 0) is 4.79 Å². The molecule has 0 saturated heterocycles. The van der Waals surface area contributed by atoms with E-state index in [2.05, 4.69) is 10.6 Å². The summed E-state index contributed by atoms with van der Waals surface area (Å²) in [6, 6.07) is 24.0. The van der Waals surface area contributed by atoms with Gasteiger partial charge in [0.05, 0.1) is 18.1 Å². The summed E-state index contributed by atoms with van der Waals surface area (Å²) in [5.74, 6) is 1.69. The first-order valence-corrected chi connectivity index (χ1v) is 9.07. The zero-order chi connectivity index (χ0) is 19.5. The molecule has 0 aliphatic rings. The van der Waals surface area contributed by atoms with Crippen molar-refractivity contribution >= 4 is 22.9 Å². The second-order valence-corrected chi connectivity index (χ2v) is 6.53. The maximum atomic E-state index is 11.3. The van der Waals surface area contributed by atoms with Crippen molar-refractivity contribution in [3.8, 4) is 22.8 Å². The summed E-state index contributed by atoms with van der Waals surface area (Å²) in [7, 11) is 1.66. The molecule has 0 bridgehead atoms. The number of ketones is 1. The Kier molecular flexibility index (Phi) is 4.77. The van der Waals surface area contributed by atoms with Gasteiger partial charge in [-0.2, -0.15) is 0 Å². The molecule has 4 aromatic rings. The minimum Gasteiger partial charge on any atom is -0.497 e. The molecule has 3 aromatic carbocycles. The molecule has 1 aromatic heterocycles. The monoisotopic (exact) mass is 368 g/mol. The third-order valence-electron chi connectivity index (χ3n) is 4.55. The Labute approximate surface area is 163 Å². The maximum Gasteiger partial charge on any atom is 0.152 e. The van der Waals surface area contributed by atoms with Crippen LogP contribution in [0.4, 0.5) is 0 Å². The number of carbonyl (C=O) groups is 1. The van der Waals surface area contributed by atoms with Crippen LogP contribution in [0.15, 0.2) is 78.9 Å². The standard InChI is InChI=1S/C24H20N2O2/c1-17(27)10-11-18-6-5-7-19(16-18)24-25-22-8-3-4-9-23(22)26(24)20-12-14-21(28-2)15-13-20/h3-16H,1-2H3/b11-10+. The van der Waals surface area contributed by atoms with Crippen molar-refractivity contribution in [2.75, 3.05) is 7.11 Å². The van der Waals surface area contributed by atoms with Crippen LogP contribution in [0.2, 0.25) is 0 Å². The molecule has 4 heteroatoms. The van der Waals surface area contributed by atoms with E-state index in [0.717, 1.165) is 39.4 Å². The second-order valence-electron chi connectivity index (χ2n) is 6.53. The number of fused-ring (bicyclic) bond motifs is 1. The fraction of sp³-hybridized carbons (Fsp3) is 0.0833. The van der Waals surface area contributed by atoms with Crippen molar-refractivity contribution in [2.45, 2.75) is 6.92 Å². The van der Waals surface area contributed by atoms with E-state index in [4.69, 9.17) is 9.72 Å². The molecule has 0 unspecified atom stereocenters. The molecule has 0 saturated carbocycles. The molecule has 0 radical (unpaired) electrons. The van der Waals surface area contributed by atoms with Gasteiger partial charge in [0, 0.05) is 11.3 Å². The van der Waals surface area contributed by atoms with Crippen molar-refractivity contribution in [1.82, 2.24) is 9.55 Å². The second kappa shape index (κ2) is 7.53. The van der Waals surface area contributed by atoms with Crippen LogP contribution in [0.3, 0.4) is 0 Å². The van der Waals surface area contributed by atoms with Crippen molar-refractivity contribution < 1.29 is 9.53 Å². The predicted octanol–water partition coefficient (Wildman–Crippen LogP) is 5.30. The van der Waals surface area contributed by atoms with Gasteiger partial charge in [-0.05, 0) is 61.0 Å². The summed E-state index contributed by atoms with van der Waals surface area (Å²) in [5, 5.41) is 0. The molecule has 0 aliphatic carbocycles. The molecular formula is C24H20N2O2. The molecule has 0 spiro atoms. The number of benzene rings is 3. The van der Waals surface area contributed by atoms with Gasteiger partial charge in [0.15, 0.2) is 5.78 Å². The molecule has 138 valence electrons. The van der Waals surface area contributed by atoms with Gasteiger partial charge in [-0.1, -0.05) is 36.4 Å². The van der Waals surface area contributed by atoms with E-state index in [9.17, 15) is 4.79 Å². The van der Waals surface area contributed by atoms with Gasteiger partial charge in [-0.15, -0.1) is 0 Å². The fourth-order valence-electron chi connectivity index (χ4n) is 3.21. The third-order valence-corrected chi connectivity index (χ3v) is 4.55. The fourth-order valence-corrected chi connectivity index (χ4v) is 3.21. The molecule has 4 nitrogen and oxygen atoms in total. The molecule has 0 aliphatic heterocycles. The third kappa shape index (κ3) is 3.45. The Hall–Kier alpha value is -3.66. The van der Waals surface area contributed by atoms with Crippen LogP contribution < -0.4 is 4.74 Å².